The van der Waals surface area contributed by atoms with Crippen LogP contribution in [0, 0.1) is 20.8 Å². The Morgan fingerprint density at radius 3 is 2.48 bits per heavy atom. The van der Waals surface area contributed by atoms with Crippen LogP contribution in [-0.4, -0.2) is 25.8 Å². The van der Waals surface area contributed by atoms with Crippen LogP contribution in [0.15, 0.2) is 67.0 Å². The van der Waals surface area contributed by atoms with Gasteiger partial charge >= 0.3 is 6.03 Å². The summed E-state index contributed by atoms with van der Waals surface area (Å²) >= 11 is 0. The van der Waals surface area contributed by atoms with Crippen LogP contribution in [0.25, 0.3) is 5.82 Å². The number of aromatic nitrogens is 4. The van der Waals surface area contributed by atoms with Gasteiger partial charge in [-0.05, 0) is 62.7 Å². The van der Waals surface area contributed by atoms with Gasteiger partial charge in [-0.3, -0.25) is 0 Å². The highest BCUT2D eigenvalue weighted by atomic mass is 16.5. The van der Waals surface area contributed by atoms with E-state index in [1.165, 1.54) is 0 Å². The zero-order valence-corrected chi connectivity index (χ0v) is 17.5. The smallest absolute Gasteiger partial charge is 0.323 e. The summed E-state index contributed by atoms with van der Waals surface area (Å²) in [4.78, 5) is 21.0. The molecule has 0 aliphatic carbocycles. The summed E-state index contributed by atoms with van der Waals surface area (Å²) in [7, 11) is 0. The van der Waals surface area contributed by atoms with Crippen molar-refractivity contribution in [3.8, 4) is 17.4 Å². The van der Waals surface area contributed by atoms with E-state index in [4.69, 9.17) is 4.74 Å². The minimum Gasteiger partial charge on any atom is -0.439 e. The van der Waals surface area contributed by atoms with E-state index in [0.717, 1.165) is 16.8 Å². The van der Waals surface area contributed by atoms with E-state index in [1.807, 2.05) is 38.1 Å². The molecule has 2 aromatic heterocycles. The highest BCUT2D eigenvalue weighted by Gasteiger charge is 2.08. The average Bonchev–Trinajstić information content (AvgIpc) is 3.26. The zero-order valence-electron chi connectivity index (χ0n) is 17.5. The normalized spacial score (nSPS) is 10.5. The molecule has 0 aliphatic heterocycles. The molecule has 2 amide bonds. The molecule has 0 spiro atoms. The lowest BCUT2D eigenvalue weighted by Gasteiger charge is -2.11. The van der Waals surface area contributed by atoms with Gasteiger partial charge in [-0.25, -0.2) is 14.5 Å². The van der Waals surface area contributed by atoms with Crippen LogP contribution in [0.4, 0.5) is 16.2 Å². The van der Waals surface area contributed by atoms with Crippen LogP contribution in [0.5, 0.6) is 11.6 Å². The van der Waals surface area contributed by atoms with Crippen LogP contribution in [-0.2, 0) is 0 Å². The summed E-state index contributed by atoms with van der Waals surface area (Å²) in [6.45, 7) is 5.77. The van der Waals surface area contributed by atoms with Gasteiger partial charge in [0.05, 0.1) is 0 Å². The second-order valence-electron chi connectivity index (χ2n) is 7.09. The SMILES string of the molecule is Cc1ccc(NC(=O)Nc2ccc(Oc3cc(-n4cccn4)nc(C)n3)cc2)c(C)c1. The minimum atomic E-state index is -0.309. The first-order valence-electron chi connectivity index (χ1n) is 9.75. The highest BCUT2D eigenvalue weighted by molar-refractivity contribution is 6.00. The first-order valence-corrected chi connectivity index (χ1v) is 9.75. The molecule has 8 nitrogen and oxygen atoms in total. The van der Waals surface area contributed by atoms with Crippen LogP contribution < -0.4 is 15.4 Å². The van der Waals surface area contributed by atoms with Gasteiger partial charge in [0.25, 0.3) is 0 Å². The van der Waals surface area contributed by atoms with Crippen molar-refractivity contribution < 1.29 is 9.53 Å². The molecule has 4 aromatic rings. The Bertz CT molecular complexity index is 1200. The fourth-order valence-corrected chi connectivity index (χ4v) is 3.06. The molecule has 2 N–H and O–H groups in total. The molecule has 2 aromatic carbocycles. The van der Waals surface area contributed by atoms with Gasteiger partial charge in [0.15, 0.2) is 5.82 Å². The lowest BCUT2D eigenvalue weighted by atomic mass is 10.1. The first-order chi connectivity index (χ1) is 15.0. The van der Waals surface area contributed by atoms with Crippen molar-refractivity contribution in [1.29, 1.82) is 0 Å². The van der Waals surface area contributed by atoms with Crippen LogP contribution in [0.2, 0.25) is 0 Å². The van der Waals surface area contributed by atoms with Crippen LogP contribution in [0.1, 0.15) is 17.0 Å². The lowest BCUT2D eigenvalue weighted by Crippen LogP contribution is -2.19. The lowest BCUT2D eigenvalue weighted by molar-refractivity contribution is 0.262. The molecule has 0 bridgehead atoms. The number of carbonyl (C=O) groups excluding carboxylic acids is 1. The fourth-order valence-electron chi connectivity index (χ4n) is 3.06. The number of nitrogens with one attached hydrogen (secondary N) is 2. The Morgan fingerprint density at radius 1 is 0.968 bits per heavy atom. The number of rotatable bonds is 5. The molecule has 0 saturated carbocycles. The molecule has 0 atom stereocenters. The van der Waals surface area contributed by atoms with Crippen molar-refractivity contribution >= 4 is 17.4 Å². The molecule has 156 valence electrons. The maximum atomic E-state index is 12.3. The molecule has 0 fully saturated rings. The van der Waals surface area contributed by atoms with Gasteiger partial charge in [-0.2, -0.15) is 10.1 Å². The number of ether oxygens (including phenoxy) is 1. The molecular formula is C23H22N6O2. The van der Waals surface area contributed by atoms with Gasteiger partial charge in [-0.1, -0.05) is 17.7 Å². The van der Waals surface area contributed by atoms with Crippen molar-refractivity contribution in [3.63, 3.8) is 0 Å². The van der Waals surface area contributed by atoms with E-state index < -0.39 is 0 Å². The first kappa shape index (κ1) is 20.1. The topological polar surface area (TPSA) is 94.0 Å². The van der Waals surface area contributed by atoms with Crippen LogP contribution >= 0.6 is 0 Å². The summed E-state index contributed by atoms with van der Waals surface area (Å²) in [5, 5.41) is 9.86. The Morgan fingerprint density at radius 2 is 1.77 bits per heavy atom. The van der Waals surface area contributed by atoms with Crippen molar-refractivity contribution in [1.82, 2.24) is 19.7 Å². The van der Waals surface area contributed by atoms with Gasteiger partial charge in [0.1, 0.15) is 11.6 Å². The number of carbonyl (C=O) groups is 1. The predicted octanol–water partition coefficient (Wildman–Crippen LogP) is 5.02. The van der Waals surface area contributed by atoms with E-state index in [2.05, 4.69) is 25.7 Å². The minimum absolute atomic E-state index is 0.309. The third kappa shape index (κ3) is 5.05. The molecule has 4 rings (SSSR count). The third-order valence-electron chi connectivity index (χ3n) is 4.50. The predicted molar refractivity (Wildman–Crippen MR) is 119 cm³/mol. The van der Waals surface area contributed by atoms with E-state index in [0.29, 0.717) is 29.0 Å². The third-order valence-corrected chi connectivity index (χ3v) is 4.50. The van der Waals surface area contributed by atoms with Gasteiger partial charge < -0.3 is 15.4 Å². The number of amides is 2. The van der Waals surface area contributed by atoms with Crippen LogP contribution in [0.3, 0.4) is 0 Å². The molecule has 0 saturated heterocycles. The number of anilines is 2. The second-order valence-corrected chi connectivity index (χ2v) is 7.09. The number of nitrogens with zero attached hydrogens (tertiary/aromatic N) is 4. The number of urea groups is 1. The quantitative estimate of drug-likeness (QED) is 0.478. The van der Waals surface area contributed by atoms with E-state index in [-0.39, 0.29) is 6.03 Å². The summed E-state index contributed by atoms with van der Waals surface area (Å²) in [6, 6.07) is 16.1. The van der Waals surface area contributed by atoms with E-state index in [9.17, 15) is 4.79 Å². The van der Waals surface area contributed by atoms with Crippen molar-refractivity contribution in [2.24, 2.45) is 0 Å². The maximum absolute atomic E-state index is 12.3. The van der Waals surface area contributed by atoms with Gasteiger partial charge in [0, 0.05) is 29.8 Å². The molecule has 0 radical (unpaired) electrons. The van der Waals surface area contributed by atoms with Crippen molar-refractivity contribution in [2.75, 3.05) is 10.6 Å². The molecule has 0 aliphatic rings. The molecule has 2 heterocycles. The standard InChI is InChI=1S/C23H22N6O2/c1-15-5-10-20(16(2)13-15)28-23(30)27-18-6-8-19(9-7-18)31-22-14-21(25-17(3)26-22)29-12-4-11-24-29/h4-14H,1-3H3,(H2,27,28,30). The van der Waals surface area contributed by atoms with Gasteiger partial charge in [-0.15, -0.1) is 0 Å². The highest BCUT2D eigenvalue weighted by Crippen LogP contribution is 2.23. The number of benzene rings is 2. The maximum Gasteiger partial charge on any atom is 0.323 e. The molecule has 0 unspecified atom stereocenters. The summed E-state index contributed by atoms with van der Waals surface area (Å²) < 4.78 is 7.50. The summed E-state index contributed by atoms with van der Waals surface area (Å²) in [6.07, 6.45) is 3.48. The Hall–Kier alpha value is -4.20. The van der Waals surface area contributed by atoms with Crippen molar-refractivity contribution in [2.45, 2.75) is 20.8 Å². The number of aryl methyl sites for hydroxylation is 3. The Labute approximate surface area is 179 Å². The number of hydrogen-bond acceptors (Lipinski definition) is 5. The summed E-state index contributed by atoms with van der Waals surface area (Å²) in [5.74, 6) is 2.19. The van der Waals surface area contributed by atoms with Crippen molar-refractivity contribution in [3.05, 3.63) is 83.9 Å². The molecule has 31 heavy (non-hydrogen) atoms. The molecule has 8 heteroatoms. The van der Waals surface area contributed by atoms with Gasteiger partial charge in [0.2, 0.25) is 5.88 Å². The largest absolute Gasteiger partial charge is 0.439 e. The van der Waals surface area contributed by atoms with E-state index >= 15 is 0 Å². The molecular weight excluding hydrogens is 392 g/mol. The monoisotopic (exact) mass is 414 g/mol. The summed E-state index contributed by atoms with van der Waals surface area (Å²) in [5.41, 5.74) is 3.57. The zero-order chi connectivity index (χ0) is 21.8. The number of hydrogen-bond donors (Lipinski definition) is 2. The second kappa shape index (κ2) is 8.66. The Kier molecular flexibility index (Phi) is 5.61. The Balaban J connectivity index is 1.41. The fraction of sp³-hybridized carbons (Fsp3) is 0.130. The van der Waals surface area contributed by atoms with E-state index in [1.54, 1.807) is 54.3 Å². The average molecular weight is 414 g/mol.